The summed E-state index contributed by atoms with van der Waals surface area (Å²) in [5, 5.41) is 3.02. The highest BCUT2D eigenvalue weighted by atomic mass is 14.9. The van der Waals surface area contributed by atoms with Crippen LogP contribution >= 0.6 is 0 Å². The maximum absolute atomic E-state index is 5.70. The molecule has 1 aliphatic carbocycles. The van der Waals surface area contributed by atoms with E-state index in [0.717, 1.165) is 12.8 Å². The smallest absolute Gasteiger partial charge is 0.00794 e. The molecule has 1 fully saturated rings. The molecule has 9 heavy (non-hydrogen) atoms. The maximum Gasteiger partial charge on any atom is 0.00794 e. The summed E-state index contributed by atoms with van der Waals surface area (Å²) in [6.07, 6.45) is 4.72. The van der Waals surface area contributed by atoms with Gasteiger partial charge in [-0.2, -0.15) is 0 Å². The Balaban J connectivity index is 2.18. The number of rotatable bonds is 1. The van der Waals surface area contributed by atoms with E-state index in [0.29, 0.717) is 12.1 Å². The minimum atomic E-state index is 0.453. The monoisotopic (exact) mass is 127 g/mol. The Labute approximate surface area is 56.8 Å². The van der Waals surface area contributed by atoms with Crippen molar-refractivity contribution in [2.75, 3.05) is 0 Å². The molecule has 0 atom stereocenters. The Kier molecular flexibility index (Phi) is 2.49. The molecule has 1 aliphatic rings. The Bertz CT molecular complexity index is 75.0. The molecular formula is C7H15N2. The zero-order valence-corrected chi connectivity index (χ0v) is 5.77. The van der Waals surface area contributed by atoms with E-state index in [-0.39, 0.29) is 0 Å². The van der Waals surface area contributed by atoms with Gasteiger partial charge in [0.1, 0.15) is 0 Å². The first-order chi connectivity index (χ1) is 4.33. The molecule has 0 aromatic carbocycles. The van der Waals surface area contributed by atoms with Crippen molar-refractivity contribution in [3.05, 3.63) is 7.05 Å². The minimum absolute atomic E-state index is 0.453. The average molecular weight is 127 g/mol. The molecule has 0 aromatic heterocycles. The van der Waals surface area contributed by atoms with Crippen molar-refractivity contribution >= 4 is 0 Å². The van der Waals surface area contributed by atoms with Crippen LogP contribution in [0.15, 0.2) is 0 Å². The van der Waals surface area contributed by atoms with Crippen molar-refractivity contribution in [2.24, 2.45) is 5.73 Å². The van der Waals surface area contributed by atoms with Crippen molar-refractivity contribution in [2.45, 2.75) is 37.8 Å². The molecule has 0 unspecified atom stereocenters. The molecule has 0 saturated heterocycles. The van der Waals surface area contributed by atoms with E-state index in [1.54, 1.807) is 0 Å². The molecule has 53 valence electrons. The van der Waals surface area contributed by atoms with E-state index < -0.39 is 0 Å². The van der Waals surface area contributed by atoms with E-state index in [4.69, 9.17) is 5.73 Å². The molecule has 1 radical (unpaired) electrons. The Morgan fingerprint density at radius 2 is 1.78 bits per heavy atom. The number of nitrogens with two attached hydrogens (primary N) is 1. The maximum atomic E-state index is 5.70. The van der Waals surface area contributed by atoms with Gasteiger partial charge < -0.3 is 11.1 Å². The van der Waals surface area contributed by atoms with Crippen molar-refractivity contribution < 1.29 is 0 Å². The molecule has 2 heteroatoms. The molecule has 1 saturated carbocycles. The highest BCUT2D eigenvalue weighted by Crippen LogP contribution is 2.16. The summed E-state index contributed by atoms with van der Waals surface area (Å²) in [6, 6.07) is 1.08. The van der Waals surface area contributed by atoms with E-state index >= 15 is 0 Å². The van der Waals surface area contributed by atoms with Gasteiger partial charge in [-0.15, -0.1) is 0 Å². The second kappa shape index (κ2) is 3.18. The molecule has 3 N–H and O–H groups in total. The van der Waals surface area contributed by atoms with Crippen LogP contribution in [0.5, 0.6) is 0 Å². The van der Waals surface area contributed by atoms with Gasteiger partial charge in [0, 0.05) is 19.1 Å². The first-order valence-corrected chi connectivity index (χ1v) is 3.61. The molecule has 1 rings (SSSR count). The third-order valence-corrected chi connectivity index (χ3v) is 2.06. The lowest BCUT2D eigenvalue weighted by Crippen LogP contribution is -2.34. The van der Waals surface area contributed by atoms with Gasteiger partial charge >= 0.3 is 0 Å². The fraction of sp³-hybridized carbons (Fsp3) is 0.857. The zero-order chi connectivity index (χ0) is 6.69. The van der Waals surface area contributed by atoms with Crippen LogP contribution in [0.2, 0.25) is 0 Å². The van der Waals surface area contributed by atoms with Crippen LogP contribution in [0.4, 0.5) is 0 Å². The lowest BCUT2D eigenvalue weighted by Gasteiger charge is -2.25. The Morgan fingerprint density at radius 3 is 2.22 bits per heavy atom. The summed E-state index contributed by atoms with van der Waals surface area (Å²) in [5.74, 6) is 0. The van der Waals surface area contributed by atoms with Gasteiger partial charge in [-0.05, 0) is 25.7 Å². The first kappa shape index (κ1) is 7.03. The van der Waals surface area contributed by atoms with Crippen LogP contribution in [0.1, 0.15) is 25.7 Å². The third kappa shape index (κ3) is 1.95. The SMILES string of the molecule is [CH2]NC1CCC(N)CC1. The summed E-state index contributed by atoms with van der Waals surface area (Å²) in [4.78, 5) is 0. The van der Waals surface area contributed by atoms with Crippen molar-refractivity contribution in [3.63, 3.8) is 0 Å². The predicted molar refractivity (Wildman–Crippen MR) is 38.7 cm³/mol. The summed E-state index contributed by atoms with van der Waals surface area (Å²) in [6.45, 7) is 0. The number of hydrogen-bond acceptors (Lipinski definition) is 2. The Hall–Kier alpha value is -0.0800. The highest BCUT2D eigenvalue weighted by Gasteiger charge is 2.15. The average Bonchev–Trinajstić information content (AvgIpc) is 1.90. The lowest BCUT2D eigenvalue weighted by molar-refractivity contribution is 0.365. The molecule has 0 bridgehead atoms. The van der Waals surface area contributed by atoms with Gasteiger partial charge in [0.15, 0.2) is 0 Å². The molecular weight excluding hydrogens is 112 g/mol. The molecule has 0 aromatic rings. The second-order valence-corrected chi connectivity index (χ2v) is 2.82. The van der Waals surface area contributed by atoms with Crippen LogP contribution in [0, 0.1) is 7.05 Å². The standard InChI is InChI=1S/C7H15N2/c1-9-7-4-2-6(8)3-5-7/h6-7,9H,1-5,8H2. The minimum Gasteiger partial charge on any atom is -0.328 e. The van der Waals surface area contributed by atoms with Gasteiger partial charge in [-0.1, -0.05) is 0 Å². The summed E-state index contributed by atoms with van der Waals surface area (Å²) >= 11 is 0. The quantitative estimate of drug-likeness (QED) is 0.542. The summed E-state index contributed by atoms with van der Waals surface area (Å²) in [7, 11) is 3.64. The molecule has 2 nitrogen and oxygen atoms in total. The lowest BCUT2D eigenvalue weighted by atomic mass is 9.92. The number of hydrogen-bond donors (Lipinski definition) is 2. The normalized spacial score (nSPS) is 36.7. The van der Waals surface area contributed by atoms with Crippen molar-refractivity contribution in [3.8, 4) is 0 Å². The molecule has 0 amide bonds. The Morgan fingerprint density at radius 1 is 1.22 bits per heavy atom. The van der Waals surface area contributed by atoms with Gasteiger partial charge in [-0.3, -0.25) is 0 Å². The van der Waals surface area contributed by atoms with Crippen LogP contribution in [0.3, 0.4) is 0 Å². The fourth-order valence-electron chi connectivity index (χ4n) is 1.32. The zero-order valence-electron chi connectivity index (χ0n) is 5.77. The van der Waals surface area contributed by atoms with Crippen molar-refractivity contribution in [1.82, 2.24) is 5.32 Å². The van der Waals surface area contributed by atoms with E-state index in [1.807, 2.05) is 0 Å². The van der Waals surface area contributed by atoms with Crippen LogP contribution < -0.4 is 11.1 Å². The van der Waals surface area contributed by atoms with Crippen LogP contribution in [0.25, 0.3) is 0 Å². The second-order valence-electron chi connectivity index (χ2n) is 2.82. The van der Waals surface area contributed by atoms with E-state index in [1.165, 1.54) is 12.8 Å². The van der Waals surface area contributed by atoms with Crippen LogP contribution in [-0.2, 0) is 0 Å². The third-order valence-electron chi connectivity index (χ3n) is 2.06. The number of nitrogens with one attached hydrogen (secondary N) is 1. The largest absolute Gasteiger partial charge is 0.328 e. The summed E-state index contributed by atoms with van der Waals surface area (Å²) < 4.78 is 0. The predicted octanol–water partition coefficient (Wildman–Crippen LogP) is 0.637. The molecule has 0 aliphatic heterocycles. The molecule has 0 spiro atoms. The molecule has 0 heterocycles. The van der Waals surface area contributed by atoms with Crippen molar-refractivity contribution in [1.29, 1.82) is 0 Å². The van der Waals surface area contributed by atoms with Gasteiger partial charge in [0.25, 0.3) is 0 Å². The first-order valence-electron chi connectivity index (χ1n) is 3.61. The van der Waals surface area contributed by atoms with Gasteiger partial charge in [-0.25, -0.2) is 0 Å². The topological polar surface area (TPSA) is 38.0 Å². The van der Waals surface area contributed by atoms with Gasteiger partial charge in [0.05, 0.1) is 0 Å². The van der Waals surface area contributed by atoms with E-state index in [9.17, 15) is 0 Å². The van der Waals surface area contributed by atoms with Gasteiger partial charge in [0.2, 0.25) is 0 Å². The fourth-order valence-corrected chi connectivity index (χ4v) is 1.32. The van der Waals surface area contributed by atoms with Crippen LogP contribution in [-0.4, -0.2) is 12.1 Å². The summed E-state index contributed by atoms with van der Waals surface area (Å²) in [5.41, 5.74) is 5.70. The van der Waals surface area contributed by atoms with E-state index in [2.05, 4.69) is 12.4 Å². The highest BCUT2D eigenvalue weighted by molar-refractivity contribution is 4.77.